The molecule has 0 unspecified atom stereocenters. The summed E-state index contributed by atoms with van der Waals surface area (Å²) in [5, 5.41) is 8.59. The molecule has 0 spiro atoms. The van der Waals surface area contributed by atoms with Gasteiger partial charge in [-0.1, -0.05) is 56.3 Å². The minimum absolute atomic E-state index is 0.236. The minimum Gasteiger partial charge on any atom is -0.267 e. The molecule has 1 aromatic heterocycles. The summed E-state index contributed by atoms with van der Waals surface area (Å²) in [6.07, 6.45) is 3.70. The zero-order valence-corrected chi connectivity index (χ0v) is 18.9. The fourth-order valence-electron chi connectivity index (χ4n) is 3.35. The lowest BCUT2D eigenvalue weighted by molar-refractivity contribution is 0.0955. The smallest absolute Gasteiger partial charge is 0.267 e. The lowest BCUT2D eigenvalue weighted by Crippen LogP contribution is -2.18. The topological polar surface area (TPSA) is 59.3 Å². The Bertz CT molecular complexity index is 1100. The number of hydrogen-bond acceptors (Lipinski definition) is 3. The van der Waals surface area contributed by atoms with Crippen molar-refractivity contribution in [1.82, 2.24) is 15.2 Å². The van der Waals surface area contributed by atoms with Crippen LogP contribution >= 0.6 is 0 Å². The van der Waals surface area contributed by atoms with Crippen LogP contribution in [0.2, 0.25) is 0 Å². The van der Waals surface area contributed by atoms with E-state index in [1.807, 2.05) is 55.8 Å². The number of allylic oxidation sites excluding steroid dienone is 1. The predicted octanol–water partition coefficient (Wildman–Crippen LogP) is 5.49. The van der Waals surface area contributed by atoms with E-state index in [2.05, 4.69) is 53.7 Å². The van der Waals surface area contributed by atoms with Gasteiger partial charge in [0, 0.05) is 11.3 Å². The molecule has 5 heteroatoms. The molecule has 0 aliphatic heterocycles. The Kier molecular flexibility index (Phi) is 7.19. The number of nitrogens with one attached hydrogen (secondary N) is 1. The summed E-state index contributed by atoms with van der Waals surface area (Å²) < 4.78 is 1.94. The summed E-state index contributed by atoms with van der Waals surface area (Å²) in [5.74, 6) is 0.280. The quantitative estimate of drug-likeness (QED) is 0.410. The molecule has 3 rings (SSSR count). The zero-order chi connectivity index (χ0) is 22.4. The van der Waals surface area contributed by atoms with Gasteiger partial charge in [-0.3, -0.25) is 9.48 Å². The van der Waals surface area contributed by atoms with E-state index in [1.165, 1.54) is 5.56 Å². The van der Waals surface area contributed by atoms with Crippen LogP contribution in [0.3, 0.4) is 0 Å². The highest BCUT2D eigenvalue weighted by molar-refractivity contribution is 5.95. The second-order valence-electron chi connectivity index (χ2n) is 8.19. The summed E-state index contributed by atoms with van der Waals surface area (Å²) in [6, 6.07) is 18.1. The summed E-state index contributed by atoms with van der Waals surface area (Å²) >= 11 is 0. The number of carbonyl (C=O) groups is 1. The summed E-state index contributed by atoms with van der Waals surface area (Å²) in [6.45, 7) is 11.0. The Hall–Kier alpha value is -3.47. The van der Waals surface area contributed by atoms with Crippen molar-refractivity contribution < 1.29 is 4.79 Å². The van der Waals surface area contributed by atoms with Gasteiger partial charge in [0.05, 0.1) is 18.5 Å². The second-order valence-corrected chi connectivity index (χ2v) is 8.19. The van der Waals surface area contributed by atoms with E-state index in [4.69, 9.17) is 0 Å². The Morgan fingerprint density at radius 1 is 1.13 bits per heavy atom. The molecule has 31 heavy (non-hydrogen) atoms. The molecule has 1 heterocycles. The van der Waals surface area contributed by atoms with E-state index in [-0.39, 0.29) is 5.91 Å². The average Bonchev–Trinajstić information content (AvgIpc) is 3.05. The fourth-order valence-corrected chi connectivity index (χ4v) is 3.35. The van der Waals surface area contributed by atoms with Crippen LogP contribution in [-0.4, -0.2) is 21.9 Å². The highest BCUT2D eigenvalue weighted by atomic mass is 16.2. The number of benzene rings is 2. The fraction of sp³-hybridized carbons (Fsp3) is 0.269. The van der Waals surface area contributed by atoms with E-state index < -0.39 is 0 Å². The molecule has 0 bridgehead atoms. The van der Waals surface area contributed by atoms with Crippen molar-refractivity contribution in [3.05, 3.63) is 93.8 Å². The van der Waals surface area contributed by atoms with Gasteiger partial charge in [0.2, 0.25) is 0 Å². The number of hydrogen-bond donors (Lipinski definition) is 1. The average molecular weight is 415 g/mol. The van der Waals surface area contributed by atoms with Crippen LogP contribution in [-0.2, 0) is 6.54 Å². The van der Waals surface area contributed by atoms with Crippen LogP contribution in [0, 0.1) is 13.8 Å². The van der Waals surface area contributed by atoms with Gasteiger partial charge in [-0.15, -0.1) is 0 Å². The maximum absolute atomic E-state index is 12.5. The molecule has 0 aliphatic rings. The highest BCUT2D eigenvalue weighted by Gasteiger charge is 2.07. The van der Waals surface area contributed by atoms with Gasteiger partial charge in [0.1, 0.15) is 0 Å². The van der Waals surface area contributed by atoms with Gasteiger partial charge >= 0.3 is 0 Å². The van der Waals surface area contributed by atoms with Gasteiger partial charge in [-0.2, -0.15) is 10.2 Å². The number of nitrogens with zero attached hydrogens (tertiary/aromatic N) is 3. The number of carbonyl (C=O) groups excluding carboxylic acids is 1. The second kappa shape index (κ2) is 10.0. The molecular formula is C26H30N4O. The first kappa shape index (κ1) is 22.2. The first-order valence-electron chi connectivity index (χ1n) is 10.5. The first-order chi connectivity index (χ1) is 14.8. The first-order valence-corrected chi connectivity index (χ1v) is 10.5. The summed E-state index contributed by atoms with van der Waals surface area (Å²) in [4.78, 5) is 12.5. The van der Waals surface area contributed by atoms with Crippen LogP contribution in [0.5, 0.6) is 0 Å². The van der Waals surface area contributed by atoms with Crippen molar-refractivity contribution in [2.45, 2.75) is 47.1 Å². The molecule has 0 fully saturated rings. The summed E-state index contributed by atoms with van der Waals surface area (Å²) in [5.41, 5.74) is 9.66. The van der Waals surface area contributed by atoms with Crippen molar-refractivity contribution in [3.63, 3.8) is 0 Å². The highest BCUT2D eigenvalue weighted by Crippen LogP contribution is 2.16. The SMILES string of the molecule is CC(/C=N/NC(=O)c1cccc(Cn2nc(C)cc2C)c1)=C\c1ccc(C(C)C)cc1. The van der Waals surface area contributed by atoms with Crippen LogP contribution in [0.25, 0.3) is 6.08 Å². The lowest BCUT2D eigenvalue weighted by Gasteiger charge is -2.07. The Morgan fingerprint density at radius 3 is 2.52 bits per heavy atom. The Labute approximate surface area is 184 Å². The molecule has 0 radical (unpaired) electrons. The number of rotatable bonds is 7. The molecular weight excluding hydrogens is 384 g/mol. The maximum atomic E-state index is 12.5. The van der Waals surface area contributed by atoms with Crippen molar-refractivity contribution in [2.75, 3.05) is 0 Å². The molecule has 2 aromatic carbocycles. The molecule has 0 aliphatic carbocycles. The van der Waals surface area contributed by atoms with Crippen LogP contribution in [0.15, 0.2) is 65.3 Å². The molecule has 1 N–H and O–H groups in total. The van der Waals surface area contributed by atoms with Gasteiger partial charge in [-0.05, 0) is 67.2 Å². The lowest BCUT2D eigenvalue weighted by atomic mass is 10.0. The number of hydrazone groups is 1. The zero-order valence-electron chi connectivity index (χ0n) is 18.9. The number of aryl methyl sites for hydroxylation is 2. The largest absolute Gasteiger partial charge is 0.271 e. The van der Waals surface area contributed by atoms with E-state index >= 15 is 0 Å². The predicted molar refractivity (Wildman–Crippen MR) is 127 cm³/mol. The van der Waals surface area contributed by atoms with Gasteiger partial charge in [0.15, 0.2) is 0 Å². The monoisotopic (exact) mass is 414 g/mol. The third kappa shape index (κ3) is 6.25. The molecule has 0 atom stereocenters. The van der Waals surface area contributed by atoms with Crippen molar-refractivity contribution in [1.29, 1.82) is 0 Å². The molecule has 3 aromatic rings. The molecule has 0 saturated carbocycles. The van der Waals surface area contributed by atoms with Crippen molar-refractivity contribution in [2.24, 2.45) is 5.10 Å². The van der Waals surface area contributed by atoms with Crippen molar-refractivity contribution in [3.8, 4) is 0 Å². The minimum atomic E-state index is -0.236. The summed E-state index contributed by atoms with van der Waals surface area (Å²) in [7, 11) is 0. The van der Waals surface area contributed by atoms with E-state index in [9.17, 15) is 4.79 Å². The Morgan fingerprint density at radius 2 is 1.87 bits per heavy atom. The third-order valence-corrected chi connectivity index (χ3v) is 5.06. The van der Waals surface area contributed by atoms with E-state index in [0.717, 1.165) is 28.1 Å². The number of aromatic nitrogens is 2. The molecule has 0 saturated heterocycles. The third-order valence-electron chi connectivity index (χ3n) is 5.06. The van der Waals surface area contributed by atoms with Gasteiger partial charge < -0.3 is 0 Å². The van der Waals surface area contributed by atoms with Crippen LogP contribution < -0.4 is 5.43 Å². The van der Waals surface area contributed by atoms with Crippen LogP contribution in [0.1, 0.15) is 65.1 Å². The van der Waals surface area contributed by atoms with Crippen molar-refractivity contribution >= 4 is 18.2 Å². The van der Waals surface area contributed by atoms with E-state index in [0.29, 0.717) is 18.0 Å². The molecule has 160 valence electrons. The van der Waals surface area contributed by atoms with Crippen LogP contribution in [0.4, 0.5) is 0 Å². The Balaban J connectivity index is 1.60. The molecule has 5 nitrogen and oxygen atoms in total. The molecule has 1 amide bonds. The standard InChI is InChI=1S/C26H30N4O/c1-18(2)24-11-9-22(10-12-24)13-19(3)16-27-28-26(31)25-8-6-7-23(15-25)17-30-21(5)14-20(4)29-30/h6-16,18H,17H2,1-5H3,(H,28,31)/b19-13+,27-16+. The maximum Gasteiger partial charge on any atom is 0.271 e. The normalized spacial score (nSPS) is 12.0. The number of amides is 1. The van der Waals surface area contributed by atoms with Gasteiger partial charge in [-0.25, -0.2) is 5.43 Å². The van der Waals surface area contributed by atoms with E-state index in [1.54, 1.807) is 12.3 Å². The van der Waals surface area contributed by atoms with Gasteiger partial charge in [0.25, 0.3) is 5.91 Å².